The Hall–Kier alpha value is -2.12. The standard InChI is InChI=1S/C22H20S/c1-22(2,3)18-12-6-4-9-15(18)16-11-8-14-20-21(16)17-10-5-7-13-19(17)23-20/h4-14H,1-3H3. The molecule has 114 valence electrons. The van der Waals surface area contributed by atoms with Gasteiger partial charge in [0.05, 0.1) is 0 Å². The molecule has 0 atom stereocenters. The molecule has 0 fully saturated rings. The van der Waals surface area contributed by atoms with E-state index in [1.165, 1.54) is 36.9 Å². The molecule has 1 heterocycles. The van der Waals surface area contributed by atoms with Crippen molar-refractivity contribution in [3.63, 3.8) is 0 Å². The van der Waals surface area contributed by atoms with Crippen molar-refractivity contribution in [1.29, 1.82) is 0 Å². The van der Waals surface area contributed by atoms with Crippen LogP contribution in [0.2, 0.25) is 0 Å². The maximum Gasteiger partial charge on any atom is 0.0361 e. The molecular weight excluding hydrogens is 296 g/mol. The van der Waals surface area contributed by atoms with Crippen molar-refractivity contribution in [3.8, 4) is 11.1 Å². The fourth-order valence-corrected chi connectivity index (χ4v) is 4.50. The van der Waals surface area contributed by atoms with E-state index in [1.807, 2.05) is 11.3 Å². The van der Waals surface area contributed by atoms with Gasteiger partial charge in [-0.05, 0) is 34.2 Å². The molecule has 0 nitrogen and oxygen atoms in total. The zero-order valence-corrected chi connectivity index (χ0v) is 14.6. The van der Waals surface area contributed by atoms with Crippen molar-refractivity contribution >= 4 is 31.5 Å². The lowest BCUT2D eigenvalue weighted by molar-refractivity contribution is 0.592. The highest BCUT2D eigenvalue weighted by Gasteiger charge is 2.20. The summed E-state index contributed by atoms with van der Waals surface area (Å²) in [7, 11) is 0. The van der Waals surface area contributed by atoms with Crippen LogP contribution in [0.3, 0.4) is 0 Å². The molecule has 3 aromatic carbocycles. The summed E-state index contributed by atoms with van der Waals surface area (Å²) in [5, 5.41) is 2.76. The maximum atomic E-state index is 2.29. The Morgan fingerprint density at radius 2 is 1.30 bits per heavy atom. The number of fused-ring (bicyclic) bond motifs is 3. The molecule has 23 heavy (non-hydrogen) atoms. The highest BCUT2D eigenvalue weighted by Crippen LogP contribution is 2.42. The van der Waals surface area contributed by atoms with Gasteiger partial charge in [-0.2, -0.15) is 0 Å². The van der Waals surface area contributed by atoms with Crippen LogP contribution in [0.1, 0.15) is 26.3 Å². The van der Waals surface area contributed by atoms with E-state index in [-0.39, 0.29) is 5.41 Å². The van der Waals surface area contributed by atoms with Gasteiger partial charge < -0.3 is 0 Å². The molecule has 1 aromatic heterocycles. The van der Waals surface area contributed by atoms with Crippen molar-refractivity contribution < 1.29 is 0 Å². The average Bonchev–Trinajstić information content (AvgIpc) is 2.92. The van der Waals surface area contributed by atoms with E-state index in [0.29, 0.717) is 0 Å². The predicted octanol–water partition coefficient (Wildman–Crippen LogP) is 7.02. The summed E-state index contributed by atoms with van der Waals surface area (Å²) in [5.41, 5.74) is 4.24. The number of rotatable bonds is 1. The number of hydrogen-bond donors (Lipinski definition) is 0. The van der Waals surface area contributed by atoms with Crippen molar-refractivity contribution in [1.82, 2.24) is 0 Å². The molecule has 0 saturated carbocycles. The van der Waals surface area contributed by atoms with E-state index >= 15 is 0 Å². The molecule has 4 rings (SSSR count). The van der Waals surface area contributed by atoms with Crippen LogP contribution in [0.15, 0.2) is 66.7 Å². The third-order valence-corrected chi connectivity index (χ3v) is 5.56. The molecule has 4 aromatic rings. The van der Waals surface area contributed by atoms with Crippen LogP contribution < -0.4 is 0 Å². The summed E-state index contributed by atoms with van der Waals surface area (Å²) in [6.07, 6.45) is 0. The van der Waals surface area contributed by atoms with E-state index in [1.54, 1.807) is 0 Å². The fraction of sp³-hybridized carbons (Fsp3) is 0.182. The molecule has 1 heteroatoms. The summed E-state index contributed by atoms with van der Waals surface area (Å²) >= 11 is 1.88. The molecule has 0 aliphatic carbocycles. The van der Waals surface area contributed by atoms with Gasteiger partial charge in [-0.3, -0.25) is 0 Å². The number of thiophene rings is 1. The summed E-state index contributed by atoms with van der Waals surface area (Å²) in [5.74, 6) is 0. The monoisotopic (exact) mass is 316 g/mol. The minimum Gasteiger partial charge on any atom is -0.135 e. The highest BCUT2D eigenvalue weighted by molar-refractivity contribution is 7.25. The van der Waals surface area contributed by atoms with E-state index in [0.717, 1.165) is 0 Å². The van der Waals surface area contributed by atoms with Gasteiger partial charge in [0.15, 0.2) is 0 Å². The molecule has 0 unspecified atom stereocenters. The lowest BCUT2D eigenvalue weighted by Gasteiger charge is -2.23. The second-order valence-corrected chi connectivity index (χ2v) is 8.16. The Kier molecular flexibility index (Phi) is 3.28. The van der Waals surface area contributed by atoms with Gasteiger partial charge in [-0.25, -0.2) is 0 Å². The molecule has 0 amide bonds. The van der Waals surface area contributed by atoms with Gasteiger partial charge in [-0.15, -0.1) is 11.3 Å². The zero-order chi connectivity index (χ0) is 16.0. The van der Waals surface area contributed by atoms with Crippen LogP contribution in [0, 0.1) is 0 Å². The van der Waals surface area contributed by atoms with Crippen LogP contribution in [0.5, 0.6) is 0 Å². The molecule has 0 aliphatic rings. The van der Waals surface area contributed by atoms with Crippen LogP contribution in [0.25, 0.3) is 31.3 Å². The first-order chi connectivity index (χ1) is 11.1. The number of benzene rings is 3. The van der Waals surface area contributed by atoms with Gasteiger partial charge in [0.25, 0.3) is 0 Å². The molecule has 0 radical (unpaired) electrons. The second kappa shape index (κ2) is 5.21. The maximum absolute atomic E-state index is 2.29. The summed E-state index contributed by atoms with van der Waals surface area (Å²) < 4.78 is 2.73. The zero-order valence-electron chi connectivity index (χ0n) is 13.8. The first kappa shape index (κ1) is 14.5. The smallest absolute Gasteiger partial charge is 0.0361 e. The Morgan fingerprint density at radius 1 is 0.652 bits per heavy atom. The third-order valence-electron chi connectivity index (χ3n) is 4.43. The lowest BCUT2D eigenvalue weighted by Crippen LogP contribution is -2.12. The van der Waals surface area contributed by atoms with Crippen molar-refractivity contribution in [3.05, 3.63) is 72.3 Å². The minimum atomic E-state index is 0.130. The second-order valence-electron chi connectivity index (χ2n) is 7.07. The molecule has 0 aliphatic heterocycles. The number of hydrogen-bond acceptors (Lipinski definition) is 1. The van der Waals surface area contributed by atoms with E-state index in [9.17, 15) is 0 Å². The highest BCUT2D eigenvalue weighted by atomic mass is 32.1. The van der Waals surface area contributed by atoms with Crippen molar-refractivity contribution in [2.24, 2.45) is 0 Å². The fourth-order valence-electron chi connectivity index (χ4n) is 3.37. The molecule has 0 spiro atoms. The van der Waals surface area contributed by atoms with Gasteiger partial charge in [0.1, 0.15) is 0 Å². The normalized spacial score (nSPS) is 12.1. The summed E-state index contributed by atoms with van der Waals surface area (Å²) in [4.78, 5) is 0. The van der Waals surface area contributed by atoms with Crippen molar-refractivity contribution in [2.75, 3.05) is 0 Å². The molecule has 0 bridgehead atoms. The Bertz CT molecular complexity index is 999. The molecule has 0 N–H and O–H groups in total. The van der Waals surface area contributed by atoms with Crippen LogP contribution in [-0.2, 0) is 5.41 Å². The van der Waals surface area contributed by atoms with E-state index < -0.39 is 0 Å². The third kappa shape index (κ3) is 2.36. The van der Waals surface area contributed by atoms with Gasteiger partial charge in [-0.1, -0.05) is 75.4 Å². The predicted molar refractivity (Wildman–Crippen MR) is 103 cm³/mol. The van der Waals surface area contributed by atoms with E-state index in [4.69, 9.17) is 0 Å². The first-order valence-corrected chi connectivity index (χ1v) is 8.87. The van der Waals surface area contributed by atoms with Gasteiger partial charge in [0, 0.05) is 20.2 Å². The molecular formula is C22H20S. The molecule has 0 saturated heterocycles. The summed E-state index contributed by atoms with van der Waals surface area (Å²) in [6.45, 7) is 6.87. The quantitative estimate of drug-likeness (QED) is 0.354. The Morgan fingerprint density at radius 3 is 2.13 bits per heavy atom. The van der Waals surface area contributed by atoms with Crippen molar-refractivity contribution in [2.45, 2.75) is 26.2 Å². The van der Waals surface area contributed by atoms with Crippen LogP contribution in [-0.4, -0.2) is 0 Å². The Balaban J connectivity index is 2.12. The van der Waals surface area contributed by atoms with Crippen LogP contribution in [0.4, 0.5) is 0 Å². The summed E-state index contributed by atoms with van der Waals surface area (Å²) in [6, 6.07) is 24.3. The average molecular weight is 316 g/mol. The SMILES string of the molecule is CC(C)(C)c1ccccc1-c1cccc2sc3ccccc3c12. The topological polar surface area (TPSA) is 0 Å². The van der Waals surface area contributed by atoms with Crippen LogP contribution >= 0.6 is 11.3 Å². The first-order valence-electron chi connectivity index (χ1n) is 8.06. The van der Waals surface area contributed by atoms with Gasteiger partial charge >= 0.3 is 0 Å². The Labute approximate surface area is 141 Å². The lowest BCUT2D eigenvalue weighted by atomic mass is 9.81. The van der Waals surface area contributed by atoms with Gasteiger partial charge in [0.2, 0.25) is 0 Å². The largest absolute Gasteiger partial charge is 0.135 e. The minimum absolute atomic E-state index is 0.130. The van der Waals surface area contributed by atoms with E-state index in [2.05, 4.69) is 87.5 Å².